The molecule has 0 fully saturated rings. The van der Waals surface area contributed by atoms with Crippen molar-refractivity contribution >= 4 is 44.4 Å². The average Bonchev–Trinajstić information content (AvgIpc) is 3.76. The van der Waals surface area contributed by atoms with Gasteiger partial charge in [-0.05, 0) is 91.2 Å². The van der Waals surface area contributed by atoms with Gasteiger partial charge in [0, 0.05) is 21.8 Å². The first-order chi connectivity index (χ1) is 27.5. The lowest BCUT2D eigenvalue weighted by molar-refractivity contribution is 0.660. The van der Waals surface area contributed by atoms with E-state index < -0.39 is 0 Å². The lowest BCUT2D eigenvalue weighted by Crippen LogP contribution is -2.33. The van der Waals surface area contributed by atoms with Crippen molar-refractivity contribution in [2.45, 2.75) is 25.4 Å². The summed E-state index contributed by atoms with van der Waals surface area (Å²) in [6.45, 7) is 4.65. The third-order valence-electron chi connectivity index (χ3n) is 11.7. The summed E-state index contributed by atoms with van der Waals surface area (Å²) in [5.41, 5.74) is 14.5. The van der Waals surface area contributed by atoms with Crippen molar-refractivity contribution in [1.29, 1.82) is 0 Å². The largest absolute Gasteiger partial charge is 0.455 e. The first-order valence-electron chi connectivity index (χ1n) is 19.3. The fraction of sp³-hybridized carbons (Fsp3) is 0.0769. The number of nitrogens with zero attached hydrogens (tertiary/aromatic N) is 2. The highest BCUT2D eigenvalue weighted by atomic mass is 16.3. The molecule has 1 N–H and O–H groups in total. The molecule has 56 heavy (non-hydrogen) atoms. The second kappa shape index (κ2) is 12.5. The molecule has 1 aliphatic carbocycles. The Bertz CT molecular complexity index is 3080. The van der Waals surface area contributed by atoms with Gasteiger partial charge < -0.3 is 9.73 Å². The Morgan fingerprint density at radius 3 is 2.07 bits per heavy atom. The zero-order valence-electron chi connectivity index (χ0n) is 31.1. The van der Waals surface area contributed by atoms with Gasteiger partial charge in [0.1, 0.15) is 23.2 Å². The van der Waals surface area contributed by atoms with E-state index in [1.165, 1.54) is 27.8 Å². The molecular weight excluding hydrogens is 683 g/mol. The van der Waals surface area contributed by atoms with Gasteiger partial charge in [-0.3, -0.25) is 0 Å². The van der Waals surface area contributed by atoms with Crippen molar-refractivity contribution in [1.82, 2.24) is 5.32 Å². The molecule has 266 valence electrons. The van der Waals surface area contributed by atoms with E-state index in [-0.39, 0.29) is 11.6 Å². The standard InChI is InChI=1S/C52H37N3O/c1-52(2)44-23-12-11-22-40(44)42-29-35(25-27-45(42)52)36-24-26-41-46(31-36)56-48-43(30-37-18-9-10-21-39(37)47(41)48)51-54-49(33-16-7-4-8-17-33)53-50(55-51)38-20-13-19-34(28-38)32-14-5-3-6-15-32/h3-31,49H,1-2H3,(H,53,54,55). The lowest BCUT2D eigenvalue weighted by Gasteiger charge is -2.24. The summed E-state index contributed by atoms with van der Waals surface area (Å²) in [4.78, 5) is 10.6. The molecule has 0 saturated heterocycles. The predicted octanol–water partition coefficient (Wildman–Crippen LogP) is 12.9. The van der Waals surface area contributed by atoms with E-state index >= 15 is 0 Å². The zero-order valence-corrected chi connectivity index (χ0v) is 31.1. The highest BCUT2D eigenvalue weighted by Crippen LogP contribution is 2.50. The number of amidine groups is 2. The molecule has 0 bridgehead atoms. The second-order valence-electron chi connectivity index (χ2n) is 15.4. The van der Waals surface area contributed by atoms with Crippen molar-refractivity contribution in [3.05, 3.63) is 204 Å². The second-order valence-corrected chi connectivity index (χ2v) is 15.4. The van der Waals surface area contributed by atoms with Crippen LogP contribution in [0, 0.1) is 0 Å². The Hall–Kier alpha value is -7.04. The van der Waals surface area contributed by atoms with Crippen LogP contribution < -0.4 is 5.32 Å². The molecule has 0 amide bonds. The van der Waals surface area contributed by atoms with Gasteiger partial charge in [0.05, 0.1) is 5.56 Å². The summed E-state index contributed by atoms with van der Waals surface area (Å²) in [6.07, 6.45) is -0.341. The molecule has 0 saturated carbocycles. The Balaban J connectivity index is 1.09. The Morgan fingerprint density at radius 1 is 0.518 bits per heavy atom. The summed E-state index contributed by atoms with van der Waals surface area (Å²) in [7, 11) is 0. The van der Waals surface area contributed by atoms with E-state index in [2.05, 4.69) is 183 Å². The van der Waals surface area contributed by atoms with Crippen LogP contribution in [0.25, 0.3) is 66.1 Å². The fourth-order valence-corrected chi connectivity index (χ4v) is 8.87. The molecule has 0 spiro atoms. The molecule has 11 rings (SSSR count). The summed E-state index contributed by atoms with van der Waals surface area (Å²) >= 11 is 0. The van der Waals surface area contributed by atoms with Gasteiger partial charge in [0.25, 0.3) is 0 Å². The van der Waals surface area contributed by atoms with Crippen molar-refractivity contribution in [2.75, 3.05) is 0 Å². The van der Waals surface area contributed by atoms with Crippen LogP contribution in [0.2, 0.25) is 0 Å². The van der Waals surface area contributed by atoms with Crippen molar-refractivity contribution < 1.29 is 4.42 Å². The van der Waals surface area contributed by atoms with E-state index in [1.54, 1.807) is 0 Å². The topological polar surface area (TPSA) is 49.9 Å². The molecule has 4 nitrogen and oxygen atoms in total. The first-order valence-corrected chi connectivity index (χ1v) is 19.3. The van der Waals surface area contributed by atoms with Gasteiger partial charge in [-0.2, -0.15) is 0 Å². The summed E-state index contributed by atoms with van der Waals surface area (Å²) < 4.78 is 6.98. The monoisotopic (exact) mass is 719 g/mol. The lowest BCUT2D eigenvalue weighted by atomic mass is 9.82. The molecule has 0 radical (unpaired) electrons. The van der Waals surface area contributed by atoms with Gasteiger partial charge in [-0.1, -0.05) is 159 Å². The molecule has 2 heterocycles. The number of hydrogen-bond acceptors (Lipinski definition) is 4. The molecule has 4 heteroatoms. The third-order valence-corrected chi connectivity index (χ3v) is 11.7. The third kappa shape index (κ3) is 5.14. The molecule has 8 aromatic carbocycles. The summed E-state index contributed by atoms with van der Waals surface area (Å²) in [6, 6.07) is 62.5. The van der Waals surface area contributed by atoms with Crippen LogP contribution in [0.1, 0.15) is 47.8 Å². The molecule has 2 aliphatic rings. The first kappa shape index (κ1) is 32.4. The minimum atomic E-state index is -0.341. The van der Waals surface area contributed by atoms with Crippen LogP contribution in [-0.2, 0) is 5.41 Å². The minimum absolute atomic E-state index is 0.0332. The Morgan fingerprint density at radius 2 is 1.20 bits per heavy atom. The highest BCUT2D eigenvalue weighted by Gasteiger charge is 2.35. The van der Waals surface area contributed by atoms with E-state index in [0.29, 0.717) is 5.84 Å². The number of rotatable bonds is 5. The van der Waals surface area contributed by atoms with E-state index in [9.17, 15) is 0 Å². The van der Waals surface area contributed by atoms with Crippen LogP contribution in [-0.4, -0.2) is 11.7 Å². The molecule has 1 aliphatic heterocycles. The average molecular weight is 720 g/mol. The fourth-order valence-electron chi connectivity index (χ4n) is 8.87. The number of nitrogens with one attached hydrogen (secondary N) is 1. The number of aliphatic imine (C=N–C) groups is 2. The normalized spacial score (nSPS) is 15.6. The number of benzene rings is 8. The SMILES string of the molecule is CC1(C)c2ccccc2-c2cc(-c3ccc4c(c3)oc3c(C5=NC(c6ccccc6)NC(c6cccc(-c7ccccc7)c6)=N5)cc5ccccc5c34)ccc21. The number of hydrogen-bond donors (Lipinski definition) is 1. The molecule has 1 unspecified atom stereocenters. The maximum absolute atomic E-state index is 6.98. The van der Waals surface area contributed by atoms with E-state index in [0.717, 1.165) is 71.9 Å². The highest BCUT2D eigenvalue weighted by molar-refractivity contribution is 6.26. The van der Waals surface area contributed by atoms with Gasteiger partial charge in [-0.15, -0.1) is 0 Å². The number of fused-ring (bicyclic) bond motifs is 8. The van der Waals surface area contributed by atoms with Crippen molar-refractivity contribution in [2.24, 2.45) is 9.98 Å². The Labute approximate surface area is 325 Å². The summed E-state index contributed by atoms with van der Waals surface area (Å²) in [5, 5.41) is 8.06. The van der Waals surface area contributed by atoms with Crippen LogP contribution in [0.5, 0.6) is 0 Å². The van der Waals surface area contributed by atoms with Crippen molar-refractivity contribution in [3.8, 4) is 33.4 Å². The quantitative estimate of drug-likeness (QED) is 0.192. The molecule has 9 aromatic rings. The van der Waals surface area contributed by atoms with Crippen molar-refractivity contribution in [3.63, 3.8) is 0 Å². The maximum atomic E-state index is 6.98. The van der Waals surface area contributed by atoms with Crippen LogP contribution >= 0.6 is 0 Å². The van der Waals surface area contributed by atoms with Crippen LogP contribution in [0.4, 0.5) is 0 Å². The van der Waals surface area contributed by atoms with Gasteiger partial charge >= 0.3 is 0 Å². The Kier molecular flexibility index (Phi) is 7.23. The van der Waals surface area contributed by atoms with Gasteiger partial charge in [-0.25, -0.2) is 9.98 Å². The number of furan rings is 1. The van der Waals surface area contributed by atoms with E-state index in [1.807, 2.05) is 12.1 Å². The molecule has 1 aromatic heterocycles. The maximum Gasteiger partial charge on any atom is 0.163 e. The molecular formula is C52H37N3O. The molecule has 1 atom stereocenters. The van der Waals surface area contributed by atoms with Gasteiger partial charge in [0.15, 0.2) is 5.84 Å². The minimum Gasteiger partial charge on any atom is -0.455 e. The summed E-state index contributed by atoms with van der Waals surface area (Å²) in [5.74, 6) is 1.40. The predicted molar refractivity (Wildman–Crippen MR) is 231 cm³/mol. The van der Waals surface area contributed by atoms with Gasteiger partial charge in [0.2, 0.25) is 0 Å². The smallest absolute Gasteiger partial charge is 0.163 e. The van der Waals surface area contributed by atoms with Crippen LogP contribution in [0.3, 0.4) is 0 Å². The van der Waals surface area contributed by atoms with Crippen LogP contribution in [0.15, 0.2) is 190 Å². The zero-order chi connectivity index (χ0) is 37.4. The van der Waals surface area contributed by atoms with E-state index in [4.69, 9.17) is 14.4 Å².